The Kier molecular flexibility index (Phi) is 10.0. The Hall–Kier alpha value is -3.63. The van der Waals surface area contributed by atoms with Crippen molar-refractivity contribution in [3.63, 3.8) is 0 Å². The average Bonchev–Trinajstić information content (AvgIpc) is 3.62. The number of benzene rings is 1. The van der Waals surface area contributed by atoms with Crippen molar-refractivity contribution in [2.75, 3.05) is 13.7 Å². The van der Waals surface area contributed by atoms with E-state index in [1.54, 1.807) is 26.8 Å². The number of ether oxygens (including phenoxy) is 2. The lowest BCUT2D eigenvalue weighted by molar-refractivity contribution is -0.145. The third kappa shape index (κ3) is 9.07. The van der Waals surface area contributed by atoms with Gasteiger partial charge in [-0.2, -0.15) is 0 Å². The zero-order valence-electron chi connectivity index (χ0n) is 22.4. The second-order valence-electron chi connectivity index (χ2n) is 10.2. The number of carbonyl (C=O) groups is 5. The van der Waals surface area contributed by atoms with E-state index in [4.69, 9.17) is 10.5 Å². The van der Waals surface area contributed by atoms with E-state index in [9.17, 15) is 24.0 Å². The van der Waals surface area contributed by atoms with E-state index >= 15 is 0 Å². The van der Waals surface area contributed by atoms with Crippen molar-refractivity contribution in [3.05, 3.63) is 34.9 Å². The van der Waals surface area contributed by atoms with Gasteiger partial charge in [-0.15, -0.1) is 0 Å². The number of esters is 1. The van der Waals surface area contributed by atoms with E-state index in [0.717, 1.165) is 11.1 Å². The van der Waals surface area contributed by atoms with Crippen LogP contribution in [0.2, 0.25) is 0 Å². The minimum atomic E-state index is -1.16. The molecule has 1 aliphatic carbocycles. The van der Waals surface area contributed by atoms with Crippen LogP contribution in [0.25, 0.3) is 0 Å². The summed E-state index contributed by atoms with van der Waals surface area (Å²) in [4.78, 5) is 64.7. The average molecular weight is 519 g/mol. The number of primary amides is 1. The summed E-state index contributed by atoms with van der Waals surface area (Å²) >= 11 is 0. The molecule has 0 spiro atoms. The maximum atomic E-state index is 14.0. The maximum Gasteiger partial charge on any atom is 0.408 e. The largest absolute Gasteiger partial charge is 0.468 e. The fourth-order valence-electron chi connectivity index (χ4n) is 3.92. The lowest BCUT2D eigenvalue weighted by Gasteiger charge is -2.35. The van der Waals surface area contributed by atoms with Crippen LogP contribution in [0.5, 0.6) is 0 Å². The number of carbonyl (C=O) groups excluding carboxylic acids is 5. The van der Waals surface area contributed by atoms with E-state index in [2.05, 4.69) is 15.4 Å². The Bertz CT molecular complexity index is 1030. The van der Waals surface area contributed by atoms with Gasteiger partial charge in [0, 0.05) is 12.5 Å². The van der Waals surface area contributed by atoms with Gasteiger partial charge in [-0.25, -0.2) is 4.79 Å². The van der Waals surface area contributed by atoms with Gasteiger partial charge in [-0.1, -0.05) is 23.8 Å². The van der Waals surface area contributed by atoms with Gasteiger partial charge < -0.3 is 30.7 Å². The molecular formula is C26H38N4O7. The second kappa shape index (κ2) is 12.6. The molecule has 1 aromatic rings. The molecule has 0 bridgehead atoms. The summed E-state index contributed by atoms with van der Waals surface area (Å²) in [5.74, 6) is -2.39. The maximum absolute atomic E-state index is 14.0. The third-order valence-electron chi connectivity index (χ3n) is 5.74. The Labute approximate surface area is 217 Å². The lowest BCUT2D eigenvalue weighted by Crippen LogP contribution is -2.54. The van der Waals surface area contributed by atoms with Gasteiger partial charge >= 0.3 is 12.1 Å². The van der Waals surface area contributed by atoms with Gasteiger partial charge in [-0.3, -0.25) is 19.2 Å². The highest BCUT2D eigenvalue weighted by molar-refractivity contribution is 5.94. The predicted octanol–water partition coefficient (Wildman–Crippen LogP) is 1.78. The van der Waals surface area contributed by atoms with E-state index in [-0.39, 0.29) is 25.4 Å². The number of aryl methyl sites for hydroxylation is 2. The molecule has 0 saturated heterocycles. The Morgan fingerprint density at radius 1 is 1.14 bits per heavy atom. The number of nitrogens with zero attached hydrogens (tertiary/aromatic N) is 1. The van der Waals surface area contributed by atoms with Crippen LogP contribution in [-0.4, -0.2) is 66.0 Å². The molecule has 1 aromatic carbocycles. The highest BCUT2D eigenvalue weighted by Gasteiger charge is 2.44. The van der Waals surface area contributed by atoms with Crippen molar-refractivity contribution >= 4 is 29.8 Å². The summed E-state index contributed by atoms with van der Waals surface area (Å²) in [6.45, 7) is 8.44. The zero-order valence-corrected chi connectivity index (χ0v) is 22.4. The molecule has 1 saturated carbocycles. The molecule has 11 heteroatoms. The van der Waals surface area contributed by atoms with E-state index in [1.807, 2.05) is 26.0 Å². The molecule has 2 atom stereocenters. The summed E-state index contributed by atoms with van der Waals surface area (Å²) < 4.78 is 9.95. The van der Waals surface area contributed by atoms with Crippen LogP contribution in [0, 0.1) is 13.8 Å². The molecule has 0 aliphatic heterocycles. The summed E-state index contributed by atoms with van der Waals surface area (Å²) in [6.07, 6.45) is 0.260. The number of alkyl carbamates (subject to hydrolysis) is 1. The molecule has 2 unspecified atom stereocenters. The number of hydrogen-bond acceptors (Lipinski definition) is 7. The highest BCUT2D eigenvalue weighted by Crippen LogP contribution is 2.37. The van der Waals surface area contributed by atoms with Crippen LogP contribution in [0.15, 0.2) is 18.2 Å². The van der Waals surface area contributed by atoms with Crippen LogP contribution in [-0.2, 0) is 28.7 Å². The highest BCUT2D eigenvalue weighted by atomic mass is 16.6. The van der Waals surface area contributed by atoms with Crippen molar-refractivity contribution in [1.82, 2.24) is 15.5 Å². The first-order valence-electron chi connectivity index (χ1n) is 12.2. The number of hydrogen-bond donors (Lipinski definition) is 3. The van der Waals surface area contributed by atoms with Gasteiger partial charge in [-0.05, 0) is 65.0 Å². The lowest BCUT2D eigenvalue weighted by atomic mass is 9.96. The van der Waals surface area contributed by atoms with Crippen LogP contribution < -0.4 is 16.4 Å². The Balaban J connectivity index is 2.48. The monoisotopic (exact) mass is 518 g/mol. The number of methoxy groups -OCH3 is 1. The summed E-state index contributed by atoms with van der Waals surface area (Å²) in [5, 5.41) is 5.11. The van der Waals surface area contributed by atoms with Crippen LogP contribution >= 0.6 is 0 Å². The summed E-state index contributed by atoms with van der Waals surface area (Å²) in [6, 6.07) is 3.00. The molecule has 37 heavy (non-hydrogen) atoms. The summed E-state index contributed by atoms with van der Waals surface area (Å²) in [7, 11) is 1.21. The Morgan fingerprint density at radius 3 is 2.30 bits per heavy atom. The smallest absolute Gasteiger partial charge is 0.408 e. The zero-order chi connectivity index (χ0) is 27.9. The first-order chi connectivity index (χ1) is 17.2. The number of rotatable bonds is 11. The molecule has 11 nitrogen and oxygen atoms in total. The van der Waals surface area contributed by atoms with Crippen molar-refractivity contribution in [2.45, 2.75) is 84.0 Å². The van der Waals surface area contributed by atoms with E-state index in [1.165, 1.54) is 12.0 Å². The van der Waals surface area contributed by atoms with Gasteiger partial charge in [0.05, 0.1) is 7.11 Å². The topological polar surface area (TPSA) is 157 Å². The molecule has 1 aliphatic rings. The molecular weight excluding hydrogens is 480 g/mol. The fraction of sp³-hybridized carbons (Fsp3) is 0.577. The molecule has 0 heterocycles. The van der Waals surface area contributed by atoms with Gasteiger partial charge in [0.25, 0.3) is 0 Å². The summed E-state index contributed by atoms with van der Waals surface area (Å²) in [5.41, 5.74) is 6.85. The van der Waals surface area contributed by atoms with Crippen molar-refractivity contribution in [3.8, 4) is 0 Å². The minimum Gasteiger partial charge on any atom is -0.468 e. The number of nitrogens with one attached hydrogen (secondary N) is 2. The van der Waals surface area contributed by atoms with Gasteiger partial charge in [0.15, 0.2) is 0 Å². The standard InChI is InChI=1S/C26H38N4O7/c1-15-7-10-18(16(2)13-15)22(23(33)28-14-21(32)36-6)30(17-8-9-17)24(34)19(11-12-20(27)31)29-25(35)37-26(3,4)5/h7,10,13,17,19,22H,8-9,11-12,14H2,1-6H3,(H2,27,31)(H,28,33)(H,29,35). The van der Waals surface area contributed by atoms with Crippen LogP contribution in [0.1, 0.15) is 69.2 Å². The second-order valence-corrected chi connectivity index (χ2v) is 10.2. The molecule has 0 aromatic heterocycles. The molecule has 2 rings (SSSR count). The Morgan fingerprint density at radius 2 is 1.78 bits per heavy atom. The van der Waals surface area contributed by atoms with E-state index < -0.39 is 47.5 Å². The first kappa shape index (κ1) is 29.6. The predicted molar refractivity (Wildman–Crippen MR) is 135 cm³/mol. The third-order valence-corrected chi connectivity index (χ3v) is 5.74. The molecule has 4 N–H and O–H groups in total. The minimum absolute atomic E-state index is 0.0694. The van der Waals surface area contributed by atoms with Crippen LogP contribution in [0.3, 0.4) is 0 Å². The SMILES string of the molecule is COC(=O)CNC(=O)C(c1ccc(C)cc1C)N(C(=O)C(CCC(N)=O)NC(=O)OC(C)(C)C)C1CC1. The first-order valence-corrected chi connectivity index (χ1v) is 12.2. The number of nitrogens with two attached hydrogens (primary N) is 1. The fourth-order valence-corrected chi connectivity index (χ4v) is 3.92. The number of amides is 4. The van der Waals surface area contributed by atoms with Crippen molar-refractivity contribution in [2.24, 2.45) is 5.73 Å². The van der Waals surface area contributed by atoms with Gasteiger partial charge in [0.2, 0.25) is 17.7 Å². The van der Waals surface area contributed by atoms with Crippen LogP contribution in [0.4, 0.5) is 4.79 Å². The molecule has 1 fully saturated rings. The normalized spacial score (nSPS) is 14.6. The van der Waals surface area contributed by atoms with Crippen molar-refractivity contribution < 1.29 is 33.4 Å². The van der Waals surface area contributed by atoms with Crippen molar-refractivity contribution in [1.29, 1.82) is 0 Å². The molecule has 0 radical (unpaired) electrons. The van der Waals surface area contributed by atoms with Gasteiger partial charge in [0.1, 0.15) is 24.2 Å². The quantitative estimate of drug-likeness (QED) is 0.377. The molecule has 204 valence electrons. The van der Waals surface area contributed by atoms with E-state index in [0.29, 0.717) is 18.4 Å². The molecule has 4 amide bonds.